The second kappa shape index (κ2) is 15.8. The lowest BCUT2D eigenvalue weighted by molar-refractivity contribution is -0.155. The van der Waals surface area contributed by atoms with Crippen LogP contribution in [0.2, 0.25) is 0 Å². The van der Waals surface area contributed by atoms with E-state index in [-0.39, 0.29) is 31.3 Å². The van der Waals surface area contributed by atoms with E-state index in [1.807, 2.05) is 0 Å². The molecule has 0 aliphatic heterocycles. The maximum atomic E-state index is 14.2. The van der Waals surface area contributed by atoms with Gasteiger partial charge in [0.1, 0.15) is 18.2 Å². The van der Waals surface area contributed by atoms with Crippen molar-refractivity contribution in [1.29, 1.82) is 0 Å². The minimum absolute atomic E-state index is 0.0746. The van der Waals surface area contributed by atoms with Crippen molar-refractivity contribution in [3.8, 4) is 0 Å². The minimum Gasteiger partial charge on any atom is -0.481 e. The Morgan fingerprint density at radius 2 is 1.63 bits per heavy atom. The highest BCUT2D eigenvalue weighted by atomic mass is 16.5. The molecule has 0 aromatic heterocycles. The molecule has 43 heavy (non-hydrogen) atoms. The largest absolute Gasteiger partial charge is 0.481 e. The van der Waals surface area contributed by atoms with Gasteiger partial charge in [-0.3, -0.25) is 19.2 Å². The molecule has 1 unspecified atom stereocenters. The second-order valence-corrected chi connectivity index (χ2v) is 10.9. The number of hydrogen-bond donors (Lipinski definition) is 4. The van der Waals surface area contributed by atoms with Crippen LogP contribution in [0.15, 0.2) is 60.7 Å². The van der Waals surface area contributed by atoms with Crippen LogP contribution in [-0.2, 0) is 41.7 Å². The number of nitrogens with zero attached hydrogens (tertiary/aromatic N) is 1. The Balaban J connectivity index is 2.01. The molecular formula is C32H41N3O8. The first kappa shape index (κ1) is 31.7. The summed E-state index contributed by atoms with van der Waals surface area (Å²) in [6, 6.07) is 15.9. The number of aliphatic carboxylic acids is 2. The van der Waals surface area contributed by atoms with Crippen molar-refractivity contribution in [1.82, 2.24) is 15.5 Å². The lowest BCUT2D eigenvalue weighted by atomic mass is 9.88. The van der Waals surface area contributed by atoms with E-state index in [1.54, 1.807) is 60.7 Å². The average Bonchev–Trinajstić information content (AvgIpc) is 3.00. The first-order valence-electron chi connectivity index (χ1n) is 15.1. The highest BCUT2D eigenvalue weighted by Crippen LogP contribution is 2.27. The normalized spacial score (nSPS) is 18.8. The molecular weight excluding hydrogens is 554 g/mol. The lowest BCUT2D eigenvalue weighted by Crippen LogP contribution is -2.62. The molecule has 1 aliphatic rings. The summed E-state index contributed by atoms with van der Waals surface area (Å²) in [5, 5.41) is 24.2. The van der Waals surface area contributed by atoms with Gasteiger partial charge in [-0.1, -0.05) is 73.5 Å². The monoisotopic (exact) mass is 596 g/mol. The van der Waals surface area contributed by atoms with E-state index >= 15 is 0 Å². The number of hydrogen-bond acceptors (Lipinski definition) is 6. The van der Waals surface area contributed by atoms with Gasteiger partial charge in [-0.2, -0.15) is 0 Å². The Bertz CT molecular complexity index is 1280. The van der Waals surface area contributed by atoms with Gasteiger partial charge in [0.2, 0.25) is 17.7 Å². The third kappa shape index (κ3) is 9.92. The van der Waals surface area contributed by atoms with Crippen LogP contribution in [-0.4, -0.2) is 75.1 Å². The molecule has 4 N–H and O–H groups in total. The summed E-state index contributed by atoms with van der Waals surface area (Å²) in [7, 11) is 0. The van der Waals surface area contributed by atoms with E-state index in [0.717, 1.165) is 12.8 Å². The highest BCUT2D eigenvalue weighted by Gasteiger charge is 2.44. The van der Waals surface area contributed by atoms with Crippen molar-refractivity contribution in [3.05, 3.63) is 71.8 Å². The van der Waals surface area contributed by atoms with E-state index in [4.69, 9.17) is 11.2 Å². The Kier molecular flexibility index (Phi) is 11.7. The summed E-state index contributed by atoms with van der Waals surface area (Å²) >= 11 is 0. The predicted molar refractivity (Wildman–Crippen MR) is 158 cm³/mol. The van der Waals surface area contributed by atoms with Crippen molar-refractivity contribution in [2.75, 3.05) is 6.61 Å². The van der Waals surface area contributed by atoms with Gasteiger partial charge >= 0.3 is 11.9 Å². The van der Waals surface area contributed by atoms with Crippen LogP contribution in [0.3, 0.4) is 0 Å². The molecule has 0 heterocycles. The fourth-order valence-corrected chi connectivity index (χ4v) is 5.27. The standard InChI is InChI=1S/C32H41N3O8/c1-22(36)33-25-15-9-10-16-27(25)43-21-28(37)35(20-24-13-7-4-8-14-24)32(2,19-23-11-5-3-6-12-23)31(42)34-26(30(40)41)17-18-29(38)39/h3-8,11-14,25-27H,9-10,15-21H2,1-2H3,(H,33,36)(H,34,42)(H,38,39)(H,40,41)/t25-,26?,27-,32-/m1/s1/i2D. The quantitative estimate of drug-likeness (QED) is 0.244. The molecule has 2 aromatic rings. The molecule has 232 valence electrons. The number of nitrogens with one attached hydrogen (secondary N) is 2. The van der Waals surface area contributed by atoms with Crippen LogP contribution in [0.25, 0.3) is 0 Å². The zero-order chi connectivity index (χ0) is 32.1. The first-order chi connectivity index (χ1) is 21.1. The van der Waals surface area contributed by atoms with Gasteiger partial charge in [0.25, 0.3) is 0 Å². The minimum atomic E-state index is -1.88. The van der Waals surface area contributed by atoms with Crippen LogP contribution in [0.4, 0.5) is 0 Å². The highest BCUT2D eigenvalue weighted by molar-refractivity contribution is 5.94. The van der Waals surface area contributed by atoms with Crippen molar-refractivity contribution >= 4 is 29.7 Å². The van der Waals surface area contributed by atoms with Crippen molar-refractivity contribution in [2.24, 2.45) is 0 Å². The van der Waals surface area contributed by atoms with Gasteiger partial charge in [-0.15, -0.1) is 0 Å². The molecule has 0 spiro atoms. The molecule has 0 radical (unpaired) electrons. The Morgan fingerprint density at radius 1 is 1.00 bits per heavy atom. The van der Waals surface area contributed by atoms with Gasteiger partial charge in [-0.25, -0.2) is 4.79 Å². The summed E-state index contributed by atoms with van der Waals surface area (Å²) < 4.78 is 14.7. The molecule has 0 bridgehead atoms. The predicted octanol–water partition coefficient (Wildman–Crippen LogP) is 2.91. The number of amides is 3. The number of carboxylic acids is 2. The summed E-state index contributed by atoms with van der Waals surface area (Å²) in [6.45, 7) is 0.299. The number of rotatable bonds is 15. The van der Waals surface area contributed by atoms with Crippen LogP contribution >= 0.6 is 0 Å². The molecule has 1 fully saturated rings. The fraction of sp³-hybridized carbons (Fsp3) is 0.469. The van der Waals surface area contributed by atoms with E-state index < -0.39 is 61.4 Å². The number of carbonyl (C=O) groups is 5. The lowest BCUT2D eigenvalue weighted by Gasteiger charge is -2.41. The van der Waals surface area contributed by atoms with E-state index in [0.29, 0.717) is 24.0 Å². The molecule has 11 heteroatoms. The van der Waals surface area contributed by atoms with Crippen LogP contribution in [0.1, 0.15) is 64.8 Å². The molecule has 2 aromatic carbocycles. The summed E-state index contributed by atoms with van der Waals surface area (Å²) in [5.41, 5.74) is -0.566. The number of carbonyl (C=O) groups excluding carboxylic acids is 3. The molecule has 3 amide bonds. The summed E-state index contributed by atoms with van der Waals surface area (Å²) in [4.78, 5) is 64.5. The van der Waals surface area contributed by atoms with E-state index in [1.165, 1.54) is 11.8 Å². The first-order valence-corrected chi connectivity index (χ1v) is 14.4. The second-order valence-electron chi connectivity index (χ2n) is 10.9. The fourth-order valence-electron chi connectivity index (χ4n) is 5.27. The van der Waals surface area contributed by atoms with E-state index in [2.05, 4.69) is 10.6 Å². The summed E-state index contributed by atoms with van der Waals surface area (Å²) in [6.07, 6.45) is 1.70. The molecule has 1 saturated carbocycles. The topological polar surface area (TPSA) is 162 Å². The van der Waals surface area contributed by atoms with Crippen LogP contribution < -0.4 is 10.6 Å². The van der Waals surface area contributed by atoms with Crippen molar-refractivity contribution in [2.45, 2.75) is 89.0 Å². The Morgan fingerprint density at radius 3 is 2.21 bits per heavy atom. The smallest absolute Gasteiger partial charge is 0.326 e. The van der Waals surface area contributed by atoms with E-state index in [9.17, 15) is 29.1 Å². The Labute approximate surface area is 253 Å². The zero-order valence-electron chi connectivity index (χ0n) is 25.4. The van der Waals surface area contributed by atoms with Gasteiger partial charge < -0.3 is 30.5 Å². The third-order valence-electron chi connectivity index (χ3n) is 7.53. The van der Waals surface area contributed by atoms with Crippen molar-refractivity contribution < 1.29 is 40.3 Å². The number of carboxylic acid groups (broad SMARTS) is 2. The molecule has 3 rings (SSSR count). The van der Waals surface area contributed by atoms with Gasteiger partial charge in [0, 0.05) is 27.7 Å². The number of benzene rings is 2. The average molecular weight is 597 g/mol. The molecule has 1 aliphatic carbocycles. The maximum absolute atomic E-state index is 14.2. The zero-order valence-corrected chi connectivity index (χ0v) is 24.4. The Hall–Kier alpha value is -4.25. The van der Waals surface area contributed by atoms with Gasteiger partial charge in [0.05, 0.1) is 12.1 Å². The SMILES string of the molecule is [2H]C[C@@](Cc1ccccc1)(C(=O)NC(CCC(=O)O)C(=O)O)N(Cc1ccccc1)C(=O)CO[C@@H]1CCCC[C@H]1NC(C)=O. The summed E-state index contributed by atoms with van der Waals surface area (Å²) in [5.74, 6) is -4.32. The van der Waals surface area contributed by atoms with Crippen LogP contribution in [0.5, 0.6) is 0 Å². The molecule has 4 atom stereocenters. The van der Waals surface area contributed by atoms with Crippen molar-refractivity contribution in [3.63, 3.8) is 0 Å². The molecule has 11 nitrogen and oxygen atoms in total. The van der Waals surface area contributed by atoms with Gasteiger partial charge in [-0.05, 0) is 37.3 Å². The maximum Gasteiger partial charge on any atom is 0.326 e. The number of ether oxygens (including phenoxy) is 1. The molecule has 0 saturated heterocycles. The van der Waals surface area contributed by atoms with Crippen LogP contribution in [0, 0.1) is 0 Å². The third-order valence-corrected chi connectivity index (χ3v) is 7.53. The van der Waals surface area contributed by atoms with Gasteiger partial charge in [0.15, 0.2) is 0 Å².